The number of likely N-dealkylation sites (tertiary alicyclic amines) is 1. The quantitative estimate of drug-likeness (QED) is 0.921. The molecule has 0 aromatic carbocycles. The molecule has 2 amide bonds. The van der Waals surface area contributed by atoms with E-state index in [1.54, 1.807) is 35.1 Å². The summed E-state index contributed by atoms with van der Waals surface area (Å²) in [6, 6.07) is 5.38. The maximum Gasteiger partial charge on any atom is 0.323 e. The predicted molar refractivity (Wildman–Crippen MR) is 91.4 cm³/mol. The maximum absolute atomic E-state index is 12.3. The van der Waals surface area contributed by atoms with Gasteiger partial charge in [-0.1, -0.05) is 0 Å². The van der Waals surface area contributed by atoms with Crippen molar-refractivity contribution < 1.29 is 9.53 Å². The number of hydrogen-bond donors (Lipinski definition) is 1. The Morgan fingerprint density at radius 3 is 2.92 bits per heavy atom. The zero-order valence-corrected chi connectivity index (χ0v) is 14.1. The summed E-state index contributed by atoms with van der Waals surface area (Å²) in [6.07, 6.45) is 4.15. The summed E-state index contributed by atoms with van der Waals surface area (Å²) in [5.41, 5.74) is 0. The highest BCUT2D eigenvalue weighted by molar-refractivity contribution is 5.88. The molecule has 8 nitrogen and oxygen atoms in total. The van der Waals surface area contributed by atoms with E-state index in [0.29, 0.717) is 18.9 Å². The number of pyridine rings is 1. The molecule has 1 saturated heterocycles. The van der Waals surface area contributed by atoms with Crippen molar-refractivity contribution >= 4 is 17.7 Å². The number of aryl methyl sites for hydroxylation is 1. The number of anilines is 2. The molecule has 1 unspecified atom stereocenters. The average Bonchev–Trinajstić information content (AvgIpc) is 3.17. The first-order valence-corrected chi connectivity index (χ1v) is 7.87. The Labute approximate surface area is 141 Å². The molecular weight excluding hydrogens is 308 g/mol. The van der Waals surface area contributed by atoms with Crippen LogP contribution in [-0.2, 0) is 7.05 Å². The molecule has 3 heterocycles. The smallest absolute Gasteiger partial charge is 0.323 e. The molecule has 2 aromatic rings. The molecular formula is C16H22N6O2. The van der Waals surface area contributed by atoms with Gasteiger partial charge in [0.2, 0.25) is 0 Å². The minimum Gasteiger partial charge on any atom is -0.485 e. The van der Waals surface area contributed by atoms with Crippen molar-refractivity contribution in [1.82, 2.24) is 19.7 Å². The number of rotatable bonds is 4. The van der Waals surface area contributed by atoms with Crippen LogP contribution in [0.1, 0.15) is 6.42 Å². The number of aromatic nitrogens is 3. The zero-order chi connectivity index (χ0) is 17.1. The summed E-state index contributed by atoms with van der Waals surface area (Å²) in [5.74, 6) is 2.20. The van der Waals surface area contributed by atoms with Crippen LogP contribution >= 0.6 is 0 Å². The fraction of sp³-hybridized carbons (Fsp3) is 0.438. The number of ether oxygens (including phenoxy) is 1. The first-order valence-electron chi connectivity index (χ1n) is 7.87. The van der Waals surface area contributed by atoms with E-state index < -0.39 is 0 Å². The van der Waals surface area contributed by atoms with E-state index in [1.165, 1.54) is 0 Å². The van der Waals surface area contributed by atoms with Crippen LogP contribution in [0.5, 0.6) is 5.75 Å². The molecule has 0 spiro atoms. The van der Waals surface area contributed by atoms with E-state index in [0.717, 1.165) is 18.0 Å². The first-order chi connectivity index (χ1) is 11.5. The lowest BCUT2D eigenvalue weighted by molar-refractivity contribution is 0.195. The topological polar surface area (TPSA) is 75.5 Å². The Hall–Kier alpha value is -2.77. The molecule has 24 heavy (non-hydrogen) atoms. The maximum atomic E-state index is 12.3. The Morgan fingerprint density at radius 1 is 1.38 bits per heavy atom. The highest BCUT2D eigenvalue weighted by atomic mass is 16.5. The largest absolute Gasteiger partial charge is 0.485 e. The third-order valence-electron chi connectivity index (χ3n) is 3.96. The number of nitrogens with one attached hydrogen (secondary N) is 1. The molecule has 0 aliphatic carbocycles. The van der Waals surface area contributed by atoms with Crippen LogP contribution < -0.4 is 15.0 Å². The summed E-state index contributed by atoms with van der Waals surface area (Å²) >= 11 is 0. The van der Waals surface area contributed by atoms with Gasteiger partial charge in [-0.05, 0) is 12.1 Å². The van der Waals surface area contributed by atoms with Crippen LogP contribution in [0.2, 0.25) is 0 Å². The van der Waals surface area contributed by atoms with E-state index in [4.69, 9.17) is 4.74 Å². The zero-order valence-electron chi connectivity index (χ0n) is 14.1. The second kappa shape index (κ2) is 6.77. The SMILES string of the molecule is CN(C)c1ncccc1OC1CCN(C(=O)Nc2ccnn2C)C1. The molecule has 2 aromatic heterocycles. The summed E-state index contributed by atoms with van der Waals surface area (Å²) in [4.78, 5) is 20.3. The predicted octanol–water partition coefficient (Wildman–Crippen LogP) is 1.57. The van der Waals surface area contributed by atoms with E-state index in [-0.39, 0.29) is 12.1 Å². The summed E-state index contributed by atoms with van der Waals surface area (Å²) in [6.45, 7) is 1.21. The summed E-state index contributed by atoms with van der Waals surface area (Å²) in [5, 5.41) is 6.90. The van der Waals surface area contributed by atoms with Gasteiger partial charge in [0.25, 0.3) is 0 Å². The number of amides is 2. The summed E-state index contributed by atoms with van der Waals surface area (Å²) in [7, 11) is 5.64. The van der Waals surface area contributed by atoms with Crippen molar-refractivity contribution in [3.8, 4) is 5.75 Å². The Balaban J connectivity index is 1.60. The van der Waals surface area contributed by atoms with E-state index in [1.807, 2.05) is 31.1 Å². The number of carbonyl (C=O) groups excluding carboxylic acids is 1. The Bertz CT molecular complexity index is 714. The van der Waals surface area contributed by atoms with Gasteiger partial charge in [-0.2, -0.15) is 5.10 Å². The van der Waals surface area contributed by atoms with Crippen LogP contribution in [0.15, 0.2) is 30.6 Å². The third kappa shape index (κ3) is 3.42. The van der Waals surface area contributed by atoms with E-state index in [9.17, 15) is 4.79 Å². The highest BCUT2D eigenvalue weighted by Gasteiger charge is 2.28. The number of urea groups is 1. The van der Waals surface area contributed by atoms with Crippen LogP contribution in [0.3, 0.4) is 0 Å². The van der Waals surface area contributed by atoms with Gasteiger partial charge in [-0.3, -0.25) is 10.00 Å². The van der Waals surface area contributed by atoms with Gasteiger partial charge in [0, 0.05) is 46.4 Å². The second-order valence-electron chi connectivity index (χ2n) is 5.96. The van der Waals surface area contributed by atoms with Crippen LogP contribution in [-0.4, -0.2) is 59.0 Å². The van der Waals surface area contributed by atoms with Gasteiger partial charge in [0.1, 0.15) is 11.9 Å². The molecule has 128 valence electrons. The molecule has 0 saturated carbocycles. The lowest BCUT2D eigenvalue weighted by Crippen LogP contribution is -2.35. The molecule has 1 aliphatic rings. The van der Waals surface area contributed by atoms with Crippen molar-refractivity contribution in [2.45, 2.75) is 12.5 Å². The normalized spacial score (nSPS) is 17.0. The van der Waals surface area contributed by atoms with Gasteiger partial charge in [0.05, 0.1) is 12.7 Å². The Morgan fingerprint density at radius 2 is 2.21 bits per heavy atom. The summed E-state index contributed by atoms with van der Waals surface area (Å²) < 4.78 is 7.69. The van der Waals surface area contributed by atoms with Crippen molar-refractivity contribution in [2.75, 3.05) is 37.4 Å². The van der Waals surface area contributed by atoms with Crippen molar-refractivity contribution in [3.63, 3.8) is 0 Å². The first kappa shape index (κ1) is 16.1. The molecule has 1 N–H and O–H groups in total. The van der Waals surface area contributed by atoms with Crippen molar-refractivity contribution in [3.05, 3.63) is 30.6 Å². The standard InChI is InChI=1S/C16H22N6O2/c1-20(2)15-13(5-4-8-17-15)24-12-7-10-22(11-12)16(23)19-14-6-9-18-21(14)3/h4-6,8-9,12H,7,10-11H2,1-3H3,(H,19,23). The second-order valence-corrected chi connectivity index (χ2v) is 5.96. The number of carbonyl (C=O) groups is 1. The van der Waals surface area contributed by atoms with Gasteiger partial charge in [-0.25, -0.2) is 9.78 Å². The molecule has 0 bridgehead atoms. The minimum atomic E-state index is -0.135. The lowest BCUT2D eigenvalue weighted by atomic mass is 10.3. The fourth-order valence-corrected chi connectivity index (χ4v) is 2.68. The Kier molecular flexibility index (Phi) is 4.54. The third-order valence-corrected chi connectivity index (χ3v) is 3.96. The molecule has 1 atom stereocenters. The monoisotopic (exact) mass is 330 g/mol. The lowest BCUT2D eigenvalue weighted by Gasteiger charge is -2.20. The molecule has 1 aliphatic heterocycles. The number of nitrogens with zero attached hydrogens (tertiary/aromatic N) is 5. The van der Waals surface area contributed by atoms with Crippen LogP contribution in [0.4, 0.5) is 16.4 Å². The average molecular weight is 330 g/mol. The van der Waals surface area contributed by atoms with Crippen LogP contribution in [0.25, 0.3) is 0 Å². The van der Waals surface area contributed by atoms with E-state index >= 15 is 0 Å². The van der Waals surface area contributed by atoms with Gasteiger partial charge < -0.3 is 14.5 Å². The fourth-order valence-electron chi connectivity index (χ4n) is 2.68. The van der Waals surface area contributed by atoms with E-state index in [2.05, 4.69) is 15.4 Å². The molecule has 0 radical (unpaired) electrons. The number of hydrogen-bond acceptors (Lipinski definition) is 5. The highest BCUT2D eigenvalue weighted by Crippen LogP contribution is 2.26. The minimum absolute atomic E-state index is 0.0369. The van der Waals surface area contributed by atoms with Crippen molar-refractivity contribution in [2.24, 2.45) is 7.05 Å². The molecule has 1 fully saturated rings. The van der Waals surface area contributed by atoms with Crippen LogP contribution in [0, 0.1) is 0 Å². The van der Waals surface area contributed by atoms with Gasteiger partial charge in [-0.15, -0.1) is 0 Å². The van der Waals surface area contributed by atoms with Gasteiger partial charge in [0.15, 0.2) is 11.6 Å². The van der Waals surface area contributed by atoms with Crippen molar-refractivity contribution in [1.29, 1.82) is 0 Å². The van der Waals surface area contributed by atoms with Gasteiger partial charge >= 0.3 is 6.03 Å². The molecule has 8 heteroatoms. The molecule has 3 rings (SSSR count).